The van der Waals surface area contributed by atoms with Gasteiger partial charge in [-0.1, -0.05) is 75.8 Å². The lowest BCUT2D eigenvalue weighted by molar-refractivity contribution is -0.258. The first kappa shape index (κ1) is 21.1. The van der Waals surface area contributed by atoms with Crippen molar-refractivity contribution in [3.63, 3.8) is 0 Å². The second-order valence-corrected chi connectivity index (χ2v) is 6.33. The monoisotopic (exact) mass is 335 g/mol. The Labute approximate surface area is 149 Å². The zero-order valence-electron chi connectivity index (χ0n) is 16.0. The quantitative estimate of drug-likeness (QED) is 0.332. The van der Waals surface area contributed by atoms with E-state index in [0.717, 1.165) is 19.4 Å². The maximum atomic E-state index is 6.00. The van der Waals surface area contributed by atoms with Crippen molar-refractivity contribution in [2.75, 3.05) is 13.2 Å². The third-order valence-electron chi connectivity index (χ3n) is 4.27. The normalized spacial score (nSPS) is 11.8. The molecule has 138 valence electrons. The van der Waals surface area contributed by atoms with Gasteiger partial charge in [0.05, 0.1) is 0 Å². The fourth-order valence-corrected chi connectivity index (χ4v) is 2.99. The zero-order valence-corrected chi connectivity index (χ0v) is 16.0. The summed E-state index contributed by atoms with van der Waals surface area (Å²) in [4.78, 5) is 0. The van der Waals surface area contributed by atoms with Crippen molar-refractivity contribution in [3.05, 3.63) is 35.9 Å². The summed E-state index contributed by atoms with van der Waals surface area (Å²) in [6.45, 7) is 8.39. The van der Waals surface area contributed by atoms with E-state index in [1.165, 1.54) is 44.1 Å². The molecule has 0 aliphatic carbocycles. The maximum Gasteiger partial charge on any atom is 0.227 e. The minimum atomic E-state index is -0.650. The van der Waals surface area contributed by atoms with Gasteiger partial charge in [-0.25, -0.2) is 0 Å². The number of hydrogen-bond donors (Lipinski definition) is 1. The molecule has 0 saturated carbocycles. The lowest BCUT2D eigenvalue weighted by Gasteiger charge is -2.34. The standard InChI is InChI=1S/C21H37NO2/c1-4-7-8-9-10-11-15-18-21(23-5-2,24-6-3)22-19-20-16-13-12-14-17-20/h12-14,16-17,22H,4-11,15,18-19H2,1-3H3. The highest BCUT2D eigenvalue weighted by atomic mass is 16.7. The molecule has 0 saturated heterocycles. The van der Waals surface area contributed by atoms with Gasteiger partial charge in [0.15, 0.2) is 0 Å². The number of unbranched alkanes of at least 4 members (excludes halogenated alkanes) is 6. The number of rotatable bonds is 15. The summed E-state index contributed by atoms with van der Waals surface area (Å²) in [5.41, 5.74) is 1.25. The summed E-state index contributed by atoms with van der Waals surface area (Å²) in [5, 5.41) is 3.52. The molecule has 24 heavy (non-hydrogen) atoms. The van der Waals surface area contributed by atoms with Crippen LogP contribution in [-0.2, 0) is 16.0 Å². The lowest BCUT2D eigenvalue weighted by atomic mass is 10.1. The van der Waals surface area contributed by atoms with E-state index in [4.69, 9.17) is 9.47 Å². The molecule has 0 unspecified atom stereocenters. The zero-order chi connectivity index (χ0) is 17.5. The van der Waals surface area contributed by atoms with Crippen LogP contribution in [0.15, 0.2) is 30.3 Å². The van der Waals surface area contributed by atoms with Gasteiger partial charge in [0.1, 0.15) is 0 Å². The first-order valence-electron chi connectivity index (χ1n) is 9.83. The summed E-state index contributed by atoms with van der Waals surface area (Å²) < 4.78 is 12.0. The molecule has 0 atom stereocenters. The second kappa shape index (κ2) is 13.4. The largest absolute Gasteiger partial charge is 0.338 e. The van der Waals surface area contributed by atoms with Gasteiger partial charge in [0, 0.05) is 26.2 Å². The molecule has 0 amide bonds. The Morgan fingerprint density at radius 1 is 0.792 bits per heavy atom. The fraction of sp³-hybridized carbons (Fsp3) is 0.714. The molecule has 0 radical (unpaired) electrons. The molecule has 0 fully saturated rings. The van der Waals surface area contributed by atoms with Gasteiger partial charge in [0.2, 0.25) is 5.91 Å². The summed E-state index contributed by atoms with van der Waals surface area (Å²) in [6.07, 6.45) is 9.98. The van der Waals surface area contributed by atoms with E-state index in [0.29, 0.717) is 13.2 Å². The van der Waals surface area contributed by atoms with Crippen molar-refractivity contribution < 1.29 is 9.47 Å². The van der Waals surface area contributed by atoms with E-state index in [1.54, 1.807) is 0 Å². The smallest absolute Gasteiger partial charge is 0.227 e. The van der Waals surface area contributed by atoms with E-state index in [9.17, 15) is 0 Å². The van der Waals surface area contributed by atoms with Gasteiger partial charge in [-0.3, -0.25) is 5.32 Å². The first-order chi connectivity index (χ1) is 11.8. The molecule has 3 heteroatoms. The van der Waals surface area contributed by atoms with E-state index < -0.39 is 5.91 Å². The lowest BCUT2D eigenvalue weighted by Crippen LogP contribution is -2.49. The van der Waals surface area contributed by atoms with E-state index in [-0.39, 0.29) is 0 Å². The van der Waals surface area contributed by atoms with Crippen LogP contribution in [0.1, 0.15) is 77.7 Å². The van der Waals surface area contributed by atoms with E-state index >= 15 is 0 Å². The van der Waals surface area contributed by atoms with Crippen LogP contribution in [0.5, 0.6) is 0 Å². The SMILES string of the molecule is CCCCCCCCCC(NCc1ccccc1)(OCC)OCC. The fourth-order valence-electron chi connectivity index (χ4n) is 2.99. The minimum absolute atomic E-state index is 0.650. The number of ether oxygens (including phenoxy) is 2. The Bertz CT molecular complexity index is 388. The Balaban J connectivity index is 2.45. The van der Waals surface area contributed by atoms with Crippen LogP contribution in [-0.4, -0.2) is 19.1 Å². The molecule has 3 nitrogen and oxygen atoms in total. The first-order valence-corrected chi connectivity index (χ1v) is 9.83. The Morgan fingerprint density at radius 2 is 1.38 bits per heavy atom. The molecule has 0 aromatic heterocycles. The van der Waals surface area contributed by atoms with Crippen LogP contribution in [0.4, 0.5) is 0 Å². The predicted molar refractivity (Wildman–Crippen MR) is 102 cm³/mol. The van der Waals surface area contributed by atoms with E-state index in [1.807, 2.05) is 19.9 Å². The number of nitrogens with one attached hydrogen (secondary N) is 1. The molecule has 1 N–H and O–H groups in total. The minimum Gasteiger partial charge on any atom is -0.338 e. The highest BCUT2D eigenvalue weighted by molar-refractivity contribution is 5.14. The van der Waals surface area contributed by atoms with Crippen molar-refractivity contribution in [1.29, 1.82) is 0 Å². The van der Waals surface area contributed by atoms with Crippen LogP contribution in [0.2, 0.25) is 0 Å². The van der Waals surface area contributed by atoms with Crippen LogP contribution in [0.3, 0.4) is 0 Å². The Morgan fingerprint density at radius 3 is 1.96 bits per heavy atom. The molecule has 1 aromatic carbocycles. The summed E-state index contributed by atoms with van der Waals surface area (Å²) in [7, 11) is 0. The Kier molecular flexibility index (Phi) is 11.8. The summed E-state index contributed by atoms with van der Waals surface area (Å²) in [5.74, 6) is -0.650. The van der Waals surface area contributed by atoms with Crippen molar-refractivity contribution >= 4 is 0 Å². The molecule has 1 aromatic rings. The molecular weight excluding hydrogens is 298 g/mol. The average Bonchev–Trinajstić information content (AvgIpc) is 2.61. The van der Waals surface area contributed by atoms with Crippen LogP contribution in [0, 0.1) is 0 Å². The average molecular weight is 336 g/mol. The third kappa shape index (κ3) is 8.81. The molecule has 0 bridgehead atoms. The molecule has 0 aliphatic heterocycles. The van der Waals surface area contributed by atoms with E-state index in [2.05, 4.69) is 36.5 Å². The van der Waals surface area contributed by atoms with Gasteiger partial charge in [-0.05, 0) is 25.8 Å². The Hall–Kier alpha value is -0.900. The van der Waals surface area contributed by atoms with Crippen LogP contribution in [0.25, 0.3) is 0 Å². The topological polar surface area (TPSA) is 30.5 Å². The van der Waals surface area contributed by atoms with Crippen molar-refractivity contribution in [1.82, 2.24) is 5.32 Å². The van der Waals surface area contributed by atoms with Gasteiger partial charge in [-0.2, -0.15) is 0 Å². The van der Waals surface area contributed by atoms with Crippen molar-refractivity contribution in [2.24, 2.45) is 0 Å². The number of hydrogen-bond acceptors (Lipinski definition) is 3. The van der Waals surface area contributed by atoms with Crippen molar-refractivity contribution in [2.45, 2.75) is 84.6 Å². The predicted octanol–water partition coefficient (Wildman–Crippen LogP) is 5.64. The van der Waals surface area contributed by atoms with Gasteiger partial charge >= 0.3 is 0 Å². The van der Waals surface area contributed by atoms with Gasteiger partial charge in [0.25, 0.3) is 0 Å². The van der Waals surface area contributed by atoms with Crippen LogP contribution < -0.4 is 5.32 Å². The molecule has 0 spiro atoms. The third-order valence-corrected chi connectivity index (χ3v) is 4.27. The number of benzene rings is 1. The highest BCUT2D eigenvalue weighted by Crippen LogP contribution is 2.21. The highest BCUT2D eigenvalue weighted by Gasteiger charge is 2.30. The molecule has 0 aliphatic rings. The summed E-state index contributed by atoms with van der Waals surface area (Å²) in [6, 6.07) is 10.4. The molecular formula is C21H37NO2. The second-order valence-electron chi connectivity index (χ2n) is 6.33. The molecule has 1 rings (SSSR count). The maximum absolute atomic E-state index is 6.00. The van der Waals surface area contributed by atoms with Crippen molar-refractivity contribution in [3.8, 4) is 0 Å². The molecule has 0 heterocycles. The van der Waals surface area contributed by atoms with Gasteiger partial charge < -0.3 is 9.47 Å². The summed E-state index contributed by atoms with van der Waals surface area (Å²) >= 11 is 0. The van der Waals surface area contributed by atoms with Gasteiger partial charge in [-0.15, -0.1) is 0 Å². The van der Waals surface area contributed by atoms with Crippen LogP contribution >= 0.6 is 0 Å².